The molecule has 2 aromatic carbocycles. The van der Waals surface area contributed by atoms with Crippen molar-refractivity contribution in [2.45, 2.75) is 70.0 Å². The lowest BCUT2D eigenvalue weighted by molar-refractivity contribution is 0.0879. The predicted octanol–water partition coefficient (Wildman–Crippen LogP) is 6.89. The van der Waals surface area contributed by atoms with E-state index in [-0.39, 0.29) is 24.1 Å². The Hall–Kier alpha value is -3.36. The molecule has 3 aromatic rings. The number of nitrogens with one attached hydrogen (secondary N) is 1. The number of hydrogen-bond donors (Lipinski definition) is 2. The molecular formula is C32H40N4O3S. The fraction of sp³-hybridized carbons (Fsp3) is 0.438. The third-order valence-corrected chi connectivity index (χ3v) is 9.01. The zero-order chi connectivity index (χ0) is 27.9. The second kappa shape index (κ2) is 13.3. The Morgan fingerprint density at radius 2 is 1.73 bits per heavy atom. The first-order valence-electron chi connectivity index (χ1n) is 14.4. The van der Waals surface area contributed by atoms with Crippen LogP contribution in [0.25, 0.3) is 11.1 Å². The van der Waals surface area contributed by atoms with Crippen LogP contribution < -0.4 is 16.0 Å². The molecule has 1 aliphatic heterocycles. The van der Waals surface area contributed by atoms with Gasteiger partial charge in [-0.15, -0.1) is 11.3 Å². The minimum atomic E-state index is -0.300. The molecule has 7 nitrogen and oxygen atoms in total. The summed E-state index contributed by atoms with van der Waals surface area (Å²) in [7, 11) is 1.44. The highest BCUT2D eigenvalue weighted by atomic mass is 32.1. The van der Waals surface area contributed by atoms with E-state index >= 15 is 0 Å². The molecule has 5 rings (SSSR count). The van der Waals surface area contributed by atoms with Crippen LogP contribution in [-0.4, -0.2) is 49.2 Å². The maximum Gasteiger partial charge on any atom is 0.410 e. The lowest BCUT2D eigenvalue weighted by atomic mass is 9.90. The van der Waals surface area contributed by atoms with Crippen molar-refractivity contribution in [2.24, 2.45) is 5.73 Å². The maximum atomic E-state index is 13.1. The molecule has 2 fully saturated rings. The molecule has 1 saturated carbocycles. The van der Waals surface area contributed by atoms with Crippen LogP contribution in [0, 0.1) is 0 Å². The van der Waals surface area contributed by atoms with E-state index < -0.39 is 0 Å². The number of ether oxygens (including phenoxy) is 1. The Balaban J connectivity index is 1.42. The van der Waals surface area contributed by atoms with E-state index in [1.807, 2.05) is 28.5 Å². The van der Waals surface area contributed by atoms with Gasteiger partial charge in [0.05, 0.1) is 23.4 Å². The van der Waals surface area contributed by atoms with Crippen LogP contribution >= 0.6 is 11.3 Å². The summed E-state index contributed by atoms with van der Waals surface area (Å²) in [6, 6.07) is 18.8. The normalized spacial score (nSPS) is 19.5. The average molecular weight is 561 g/mol. The Bertz CT molecular complexity index is 1280. The molecular weight excluding hydrogens is 520 g/mol. The highest BCUT2D eigenvalue weighted by Crippen LogP contribution is 2.34. The second-order valence-corrected chi connectivity index (χ2v) is 11.9. The van der Waals surface area contributed by atoms with Crippen molar-refractivity contribution in [3.05, 3.63) is 70.4 Å². The summed E-state index contributed by atoms with van der Waals surface area (Å²) >= 11 is 1.44. The van der Waals surface area contributed by atoms with Gasteiger partial charge in [0.1, 0.15) is 0 Å². The van der Waals surface area contributed by atoms with Crippen LogP contribution in [0.15, 0.2) is 60.0 Å². The molecule has 0 unspecified atom stereocenters. The van der Waals surface area contributed by atoms with Gasteiger partial charge in [0, 0.05) is 31.7 Å². The summed E-state index contributed by atoms with van der Waals surface area (Å²) < 4.78 is 5.15. The highest BCUT2D eigenvalue weighted by Gasteiger charge is 2.28. The quantitative estimate of drug-likeness (QED) is 0.329. The number of anilines is 2. The van der Waals surface area contributed by atoms with Crippen molar-refractivity contribution >= 4 is 34.7 Å². The van der Waals surface area contributed by atoms with Crippen LogP contribution in [0.5, 0.6) is 0 Å². The lowest BCUT2D eigenvalue weighted by Gasteiger charge is -2.35. The number of nitrogens with zero attached hydrogens (tertiary/aromatic N) is 2. The van der Waals surface area contributed by atoms with E-state index in [0.717, 1.165) is 79.7 Å². The highest BCUT2D eigenvalue weighted by molar-refractivity contribution is 7.12. The molecule has 40 heavy (non-hydrogen) atoms. The number of methoxy groups -OCH3 is 1. The van der Waals surface area contributed by atoms with E-state index in [0.29, 0.717) is 11.4 Å². The van der Waals surface area contributed by atoms with Gasteiger partial charge in [-0.1, -0.05) is 43.2 Å². The number of nitrogens with two attached hydrogens (primary N) is 1. The van der Waals surface area contributed by atoms with Gasteiger partial charge in [-0.2, -0.15) is 0 Å². The Labute approximate surface area is 241 Å². The standard InChI is InChI=1S/C32H40N4O3S/c1-39-32(38)36(27-14-12-26(33)13-15-27)22-23-8-6-9-24(20-23)25-11-16-29(35-17-4-2-3-5-18-35)28(21-25)34-31(37)30-10-7-19-40-30/h6-11,16,19-21,26-27H,2-5,12-15,17-18,22,33H2,1H3,(H,34,37). The van der Waals surface area contributed by atoms with E-state index in [1.54, 1.807) is 0 Å². The molecule has 212 valence electrons. The average Bonchev–Trinajstić information content (AvgIpc) is 3.40. The summed E-state index contributed by atoms with van der Waals surface area (Å²) in [5.41, 5.74) is 11.1. The van der Waals surface area contributed by atoms with Crippen molar-refractivity contribution in [1.82, 2.24) is 4.90 Å². The molecule has 0 radical (unpaired) electrons. The first-order valence-corrected chi connectivity index (χ1v) is 15.3. The summed E-state index contributed by atoms with van der Waals surface area (Å²) in [6.45, 7) is 2.46. The third kappa shape index (κ3) is 6.85. The first kappa shape index (κ1) is 28.2. The van der Waals surface area contributed by atoms with Crippen LogP contribution in [0.4, 0.5) is 16.2 Å². The molecule has 1 aliphatic carbocycles. The number of rotatable bonds is 7. The fourth-order valence-electron chi connectivity index (χ4n) is 5.91. The van der Waals surface area contributed by atoms with Gasteiger partial charge in [0.25, 0.3) is 5.91 Å². The topological polar surface area (TPSA) is 87.9 Å². The number of benzene rings is 2. The summed E-state index contributed by atoms with van der Waals surface area (Å²) in [6.07, 6.45) is 8.12. The molecule has 0 atom stereocenters. The zero-order valence-corrected chi connectivity index (χ0v) is 24.1. The Morgan fingerprint density at radius 1 is 0.975 bits per heavy atom. The summed E-state index contributed by atoms with van der Waals surface area (Å²) in [4.78, 5) is 30.8. The maximum absolute atomic E-state index is 13.1. The van der Waals surface area contributed by atoms with Crippen LogP contribution in [0.1, 0.15) is 66.6 Å². The molecule has 1 saturated heterocycles. The van der Waals surface area contributed by atoms with Crippen molar-refractivity contribution < 1.29 is 14.3 Å². The Kier molecular flexibility index (Phi) is 9.39. The van der Waals surface area contributed by atoms with Crippen molar-refractivity contribution in [2.75, 3.05) is 30.4 Å². The largest absolute Gasteiger partial charge is 0.453 e. The monoisotopic (exact) mass is 560 g/mol. The van der Waals surface area contributed by atoms with Crippen molar-refractivity contribution in [3.8, 4) is 11.1 Å². The van der Waals surface area contributed by atoms with Gasteiger partial charge in [0.15, 0.2) is 0 Å². The van der Waals surface area contributed by atoms with E-state index in [4.69, 9.17) is 10.5 Å². The van der Waals surface area contributed by atoms with Crippen LogP contribution in [0.2, 0.25) is 0 Å². The molecule has 2 aliphatic rings. The van der Waals surface area contributed by atoms with Gasteiger partial charge < -0.3 is 25.6 Å². The number of carbonyl (C=O) groups is 2. The van der Waals surface area contributed by atoms with E-state index in [1.165, 1.54) is 31.3 Å². The molecule has 8 heteroatoms. The van der Waals surface area contributed by atoms with Crippen molar-refractivity contribution in [1.29, 1.82) is 0 Å². The van der Waals surface area contributed by atoms with Gasteiger partial charge >= 0.3 is 6.09 Å². The minimum absolute atomic E-state index is 0.0853. The molecule has 2 amide bonds. The lowest BCUT2D eigenvalue weighted by Crippen LogP contribution is -2.43. The van der Waals surface area contributed by atoms with E-state index in [2.05, 4.69) is 46.6 Å². The van der Waals surface area contributed by atoms with Crippen LogP contribution in [-0.2, 0) is 11.3 Å². The predicted molar refractivity (Wildman–Crippen MR) is 163 cm³/mol. The van der Waals surface area contributed by atoms with Crippen LogP contribution in [0.3, 0.4) is 0 Å². The van der Waals surface area contributed by atoms with Gasteiger partial charge in [-0.05, 0) is 84.9 Å². The number of thiophene rings is 1. The SMILES string of the molecule is COC(=O)N(Cc1cccc(-c2ccc(N3CCCCCC3)c(NC(=O)c3cccs3)c2)c1)C1CCC(N)CC1. The number of carbonyl (C=O) groups excluding carboxylic acids is 2. The van der Waals surface area contributed by atoms with E-state index in [9.17, 15) is 9.59 Å². The summed E-state index contributed by atoms with van der Waals surface area (Å²) in [5, 5.41) is 5.13. The summed E-state index contributed by atoms with van der Waals surface area (Å²) in [5.74, 6) is -0.0853. The van der Waals surface area contributed by atoms with Crippen molar-refractivity contribution in [3.63, 3.8) is 0 Å². The third-order valence-electron chi connectivity index (χ3n) is 8.14. The smallest absolute Gasteiger partial charge is 0.410 e. The number of amides is 2. The Morgan fingerprint density at radius 3 is 2.42 bits per heavy atom. The molecule has 1 aromatic heterocycles. The van der Waals surface area contributed by atoms with Gasteiger partial charge in [0.2, 0.25) is 0 Å². The molecule has 0 bridgehead atoms. The van der Waals surface area contributed by atoms with Gasteiger partial charge in [-0.25, -0.2) is 4.79 Å². The minimum Gasteiger partial charge on any atom is -0.453 e. The number of hydrogen-bond acceptors (Lipinski definition) is 6. The second-order valence-electron chi connectivity index (χ2n) is 10.9. The molecule has 3 N–H and O–H groups in total. The molecule has 0 spiro atoms. The molecule has 2 heterocycles. The zero-order valence-electron chi connectivity index (χ0n) is 23.3. The van der Waals surface area contributed by atoms with Gasteiger partial charge in [-0.3, -0.25) is 4.79 Å². The fourth-order valence-corrected chi connectivity index (χ4v) is 6.53. The first-order chi connectivity index (χ1) is 19.5.